The molecule has 148 valence electrons. The highest BCUT2D eigenvalue weighted by molar-refractivity contribution is 9.10. The second kappa shape index (κ2) is 10.3. The van der Waals surface area contributed by atoms with Crippen molar-refractivity contribution in [2.45, 2.75) is 38.8 Å². The molecular formula is C19H30BrN5OSi. The van der Waals surface area contributed by atoms with Gasteiger partial charge in [0.1, 0.15) is 6.73 Å². The van der Waals surface area contributed by atoms with Gasteiger partial charge in [0.15, 0.2) is 0 Å². The van der Waals surface area contributed by atoms with Crippen LogP contribution in [0, 0.1) is 0 Å². The van der Waals surface area contributed by atoms with E-state index < -0.39 is 8.07 Å². The zero-order valence-corrected chi connectivity index (χ0v) is 19.5. The highest BCUT2D eigenvalue weighted by atomic mass is 79.9. The number of rotatable bonds is 10. The first-order chi connectivity index (χ1) is 12.7. The number of azo groups is 1. The quantitative estimate of drug-likeness (QED) is 0.273. The normalized spacial score (nSPS) is 12.4. The van der Waals surface area contributed by atoms with E-state index in [-0.39, 0.29) is 0 Å². The first-order valence-electron chi connectivity index (χ1n) is 9.19. The Balaban J connectivity index is 2.10. The van der Waals surface area contributed by atoms with E-state index in [0.717, 1.165) is 41.5 Å². The maximum atomic E-state index is 5.95. The number of hydrogen-bond acceptors (Lipinski definition) is 5. The van der Waals surface area contributed by atoms with Crippen molar-refractivity contribution in [3.05, 3.63) is 40.6 Å². The van der Waals surface area contributed by atoms with Gasteiger partial charge >= 0.3 is 0 Å². The molecule has 0 unspecified atom stereocenters. The Morgan fingerprint density at radius 1 is 1.15 bits per heavy atom. The fourth-order valence-electron chi connectivity index (χ4n) is 2.30. The molecule has 0 saturated heterocycles. The number of aromatic nitrogens is 2. The lowest BCUT2D eigenvalue weighted by molar-refractivity contribution is 0.0862. The predicted octanol–water partition coefficient (Wildman–Crippen LogP) is 5.48. The fraction of sp³-hybridized carbons (Fsp3) is 0.526. The van der Waals surface area contributed by atoms with Crippen LogP contribution in [0.1, 0.15) is 5.69 Å². The van der Waals surface area contributed by atoms with E-state index in [1.165, 1.54) is 0 Å². The number of halogens is 1. The molecule has 0 aliphatic rings. The van der Waals surface area contributed by atoms with Crippen molar-refractivity contribution in [1.82, 2.24) is 14.5 Å². The van der Waals surface area contributed by atoms with Crippen LogP contribution in [0.4, 0.5) is 11.6 Å². The van der Waals surface area contributed by atoms with Gasteiger partial charge in [0.25, 0.3) is 5.95 Å². The summed E-state index contributed by atoms with van der Waals surface area (Å²) < 4.78 is 8.99. The second-order valence-corrected chi connectivity index (χ2v) is 14.6. The molecule has 0 bridgehead atoms. The van der Waals surface area contributed by atoms with Gasteiger partial charge in [-0.05, 0) is 44.4 Å². The van der Waals surface area contributed by atoms with Crippen LogP contribution < -0.4 is 0 Å². The molecule has 0 spiro atoms. The van der Waals surface area contributed by atoms with E-state index in [0.29, 0.717) is 12.7 Å². The Kier molecular flexibility index (Phi) is 8.34. The van der Waals surface area contributed by atoms with E-state index in [1.54, 1.807) is 0 Å². The van der Waals surface area contributed by atoms with Crippen LogP contribution in [-0.2, 0) is 17.9 Å². The molecule has 8 heteroatoms. The Labute approximate surface area is 171 Å². The second-order valence-electron chi connectivity index (χ2n) is 8.06. The highest BCUT2D eigenvalue weighted by Crippen LogP contribution is 2.21. The molecule has 1 aromatic carbocycles. The lowest BCUT2D eigenvalue weighted by Gasteiger charge is -2.17. The third kappa shape index (κ3) is 8.04. The smallest absolute Gasteiger partial charge is 0.251 e. The monoisotopic (exact) mass is 451 g/mol. The Morgan fingerprint density at radius 3 is 2.48 bits per heavy atom. The van der Waals surface area contributed by atoms with Gasteiger partial charge in [-0.15, -0.1) is 10.2 Å². The van der Waals surface area contributed by atoms with Crippen molar-refractivity contribution < 1.29 is 4.74 Å². The summed E-state index contributed by atoms with van der Waals surface area (Å²) in [7, 11) is 3.03. The molecule has 0 radical (unpaired) electrons. The molecule has 0 fully saturated rings. The summed E-state index contributed by atoms with van der Waals surface area (Å²) in [6.07, 6.45) is 2.77. The molecule has 0 saturated carbocycles. The van der Waals surface area contributed by atoms with E-state index in [4.69, 9.17) is 4.74 Å². The molecule has 0 aliphatic heterocycles. The fourth-order valence-corrected chi connectivity index (χ4v) is 3.32. The van der Waals surface area contributed by atoms with Crippen LogP contribution in [-0.4, -0.2) is 49.8 Å². The molecule has 0 aliphatic carbocycles. The van der Waals surface area contributed by atoms with Crippen LogP contribution in [0.5, 0.6) is 0 Å². The third-order valence-corrected chi connectivity index (χ3v) is 6.26. The minimum atomic E-state index is -1.10. The number of imidazole rings is 1. The lowest BCUT2D eigenvalue weighted by Crippen LogP contribution is -2.22. The van der Waals surface area contributed by atoms with Crippen LogP contribution in [0.3, 0.4) is 0 Å². The van der Waals surface area contributed by atoms with Gasteiger partial charge in [0, 0.05) is 37.8 Å². The van der Waals surface area contributed by atoms with Crippen molar-refractivity contribution in [2.75, 3.05) is 27.2 Å². The molecular weight excluding hydrogens is 422 g/mol. The summed E-state index contributed by atoms with van der Waals surface area (Å²) in [4.78, 5) is 6.62. The molecule has 2 aromatic rings. The third-order valence-electron chi connectivity index (χ3n) is 4.03. The minimum Gasteiger partial charge on any atom is -0.361 e. The van der Waals surface area contributed by atoms with Gasteiger partial charge in [0.2, 0.25) is 0 Å². The lowest BCUT2D eigenvalue weighted by atomic mass is 10.3. The summed E-state index contributed by atoms with van der Waals surface area (Å²) >= 11 is 3.43. The Hall–Kier alpha value is -1.35. The Bertz CT molecular complexity index is 738. The van der Waals surface area contributed by atoms with Gasteiger partial charge in [-0.3, -0.25) is 4.57 Å². The largest absolute Gasteiger partial charge is 0.361 e. The average molecular weight is 452 g/mol. The molecule has 6 nitrogen and oxygen atoms in total. The molecule has 2 rings (SSSR count). The van der Waals surface area contributed by atoms with Crippen molar-refractivity contribution in [1.29, 1.82) is 0 Å². The van der Waals surface area contributed by atoms with Gasteiger partial charge in [0.05, 0.1) is 11.9 Å². The molecule has 0 atom stereocenters. The summed E-state index contributed by atoms with van der Waals surface area (Å²) in [5, 5.41) is 8.67. The summed E-state index contributed by atoms with van der Waals surface area (Å²) in [6, 6.07) is 8.87. The van der Waals surface area contributed by atoms with E-state index >= 15 is 0 Å². The number of ether oxygens (including phenoxy) is 1. The maximum absolute atomic E-state index is 5.95. The number of hydrogen-bond donors (Lipinski definition) is 0. The predicted molar refractivity (Wildman–Crippen MR) is 117 cm³/mol. The van der Waals surface area contributed by atoms with Gasteiger partial charge in [-0.25, -0.2) is 4.98 Å². The standard InChI is InChI=1S/C19H30BrN5OSi/c1-24(2)11-10-18-14-21-19(23-22-17-8-6-16(20)7-9-17)25(18)15-26-12-13-27(3,4)5/h6-9,14H,10-13,15H2,1-5H3. The Morgan fingerprint density at radius 2 is 1.85 bits per heavy atom. The molecule has 1 heterocycles. The summed E-state index contributed by atoms with van der Waals surface area (Å²) in [6.45, 7) is 9.24. The summed E-state index contributed by atoms with van der Waals surface area (Å²) in [5.41, 5.74) is 1.91. The van der Waals surface area contributed by atoms with Crippen molar-refractivity contribution in [3.63, 3.8) is 0 Å². The number of likely N-dealkylation sites (N-methyl/N-ethyl adjacent to an activating group) is 1. The zero-order valence-electron chi connectivity index (χ0n) is 16.9. The average Bonchev–Trinajstić information content (AvgIpc) is 2.97. The van der Waals surface area contributed by atoms with E-state index in [9.17, 15) is 0 Å². The topological polar surface area (TPSA) is 55.0 Å². The molecule has 0 N–H and O–H groups in total. The van der Waals surface area contributed by atoms with Gasteiger partial charge in [-0.2, -0.15) is 0 Å². The molecule has 27 heavy (non-hydrogen) atoms. The molecule has 1 aromatic heterocycles. The van der Waals surface area contributed by atoms with Crippen molar-refractivity contribution in [2.24, 2.45) is 10.2 Å². The van der Waals surface area contributed by atoms with Crippen LogP contribution in [0.2, 0.25) is 25.7 Å². The van der Waals surface area contributed by atoms with Crippen LogP contribution >= 0.6 is 15.9 Å². The first-order valence-corrected chi connectivity index (χ1v) is 13.7. The van der Waals surface area contributed by atoms with Crippen LogP contribution in [0.25, 0.3) is 0 Å². The summed E-state index contributed by atoms with van der Waals surface area (Å²) in [5.74, 6) is 0.583. The van der Waals surface area contributed by atoms with Gasteiger partial charge < -0.3 is 9.64 Å². The van der Waals surface area contributed by atoms with Crippen LogP contribution in [0.15, 0.2) is 45.2 Å². The van der Waals surface area contributed by atoms with Crippen molar-refractivity contribution >= 4 is 35.6 Å². The van der Waals surface area contributed by atoms with Crippen molar-refractivity contribution in [3.8, 4) is 0 Å². The maximum Gasteiger partial charge on any atom is 0.251 e. The highest BCUT2D eigenvalue weighted by Gasteiger charge is 2.14. The zero-order chi connectivity index (χ0) is 19.9. The van der Waals surface area contributed by atoms with E-state index in [2.05, 4.69) is 69.8 Å². The molecule has 0 amide bonds. The SMILES string of the molecule is CN(C)CCc1cnc(N=Nc2ccc(Br)cc2)n1COCC[Si](C)(C)C. The van der Waals surface area contributed by atoms with E-state index in [1.807, 2.05) is 35.0 Å². The number of nitrogens with zero attached hydrogens (tertiary/aromatic N) is 5. The first kappa shape index (κ1) is 21.9. The number of benzene rings is 1. The van der Waals surface area contributed by atoms with Gasteiger partial charge in [-0.1, -0.05) is 35.6 Å². The minimum absolute atomic E-state index is 0.460.